The average Bonchev–Trinajstić information content (AvgIpc) is 2.28. The summed E-state index contributed by atoms with van der Waals surface area (Å²) < 4.78 is 5.70. The lowest BCUT2D eigenvalue weighted by molar-refractivity contribution is -0.614. The Morgan fingerprint density at radius 2 is 2.05 bits per heavy atom. The van der Waals surface area contributed by atoms with E-state index in [9.17, 15) is 14.8 Å². The summed E-state index contributed by atoms with van der Waals surface area (Å²) in [7, 11) is 0. The summed E-state index contributed by atoms with van der Waals surface area (Å²) in [6.07, 6.45) is 1.02. The predicted octanol–water partition coefficient (Wildman–Crippen LogP) is 1.30. The van der Waals surface area contributed by atoms with Crippen LogP contribution in [0.5, 0.6) is 0 Å². The number of rotatable bonds is 5. The Balaban J connectivity index is 2.74. The molecule has 0 aliphatic carbocycles. The van der Waals surface area contributed by atoms with Gasteiger partial charge in [0.2, 0.25) is 0 Å². The molecule has 6 heteroatoms. The molecule has 0 radical (unpaired) electrons. The van der Waals surface area contributed by atoms with Crippen molar-refractivity contribution < 1.29 is 24.2 Å². The van der Waals surface area contributed by atoms with E-state index in [2.05, 4.69) is 0 Å². The molecule has 1 aromatic heterocycles. The van der Waals surface area contributed by atoms with Gasteiger partial charge in [0.15, 0.2) is 11.9 Å². The monoisotopic (exact) mass is 281 g/mol. The summed E-state index contributed by atoms with van der Waals surface area (Å²) in [4.78, 5) is 22.9. The number of carbonyl (C=O) groups excluding carboxylic acids is 1. The van der Waals surface area contributed by atoms with Crippen molar-refractivity contribution in [3.8, 4) is 0 Å². The first-order chi connectivity index (χ1) is 9.19. The van der Waals surface area contributed by atoms with Gasteiger partial charge in [0, 0.05) is 18.6 Å². The predicted molar refractivity (Wildman–Crippen MR) is 70.7 cm³/mol. The van der Waals surface area contributed by atoms with E-state index in [0.717, 1.165) is 0 Å². The maximum absolute atomic E-state index is 11.7. The van der Waals surface area contributed by atoms with Gasteiger partial charge in [-0.05, 0) is 20.8 Å². The highest BCUT2D eigenvalue weighted by atomic mass is 16.6. The molecule has 0 saturated heterocycles. The highest BCUT2D eigenvalue weighted by Gasteiger charge is 2.27. The van der Waals surface area contributed by atoms with E-state index < -0.39 is 23.5 Å². The number of hydrogen-bond donors (Lipinski definition) is 1. The Morgan fingerprint density at radius 1 is 1.40 bits per heavy atom. The number of carboxylic acid groups (broad SMARTS) is 1. The second-order valence-electron chi connectivity index (χ2n) is 5.55. The molecule has 6 nitrogen and oxygen atoms in total. The van der Waals surface area contributed by atoms with Crippen molar-refractivity contribution in [2.24, 2.45) is 5.92 Å². The van der Waals surface area contributed by atoms with E-state index in [1.54, 1.807) is 32.9 Å². The molecule has 1 aromatic rings. The van der Waals surface area contributed by atoms with Crippen LogP contribution < -0.4 is 4.73 Å². The van der Waals surface area contributed by atoms with Gasteiger partial charge < -0.3 is 15.1 Å². The van der Waals surface area contributed by atoms with Gasteiger partial charge >= 0.3 is 11.9 Å². The third-order valence-corrected chi connectivity index (χ3v) is 2.54. The fraction of sp³-hybridized carbons (Fsp3) is 0.500. The summed E-state index contributed by atoms with van der Waals surface area (Å²) in [6, 6.07) is 4.74. The molecular formula is C14H19NO5. The molecule has 1 heterocycles. The van der Waals surface area contributed by atoms with Crippen molar-refractivity contribution in [3.63, 3.8) is 0 Å². The molecule has 20 heavy (non-hydrogen) atoms. The lowest BCUT2D eigenvalue weighted by atomic mass is 9.99. The molecule has 0 fully saturated rings. The number of esters is 1. The highest BCUT2D eigenvalue weighted by molar-refractivity contribution is 5.79. The van der Waals surface area contributed by atoms with Crippen LogP contribution in [-0.4, -0.2) is 22.6 Å². The molecule has 0 spiro atoms. The van der Waals surface area contributed by atoms with Gasteiger partial charge in [0.1, 0.15) is 5.60 Å². The van der Waals surface area contributed by atoms with Crippen LogP contribution in [0.2, 0.25) is 0 Å². The molecule has 1 N–H and O–H groups in total. The van der Waals surface area contributed by atoms with E-state index in [1.807, 2.05) is 0 Å². The summed E-state index contributed by atoms with van der Waals surface area (Å²) >= 11 is 0. The van der Waals surface area contributed by atoms with E-state index in [1.165, 1.54) is 12.3 Å². The second-order valence-corrected chi connectivity index (χ2v) is 5.55. The molecule has 0 bridgehead atoms. The van der Waals surface area contributed by atoms with Crippen molar-refractivity contribution in [2.75, 3.05) is 0 Å². The van der Waals surface area contributed by atoms with Crippen LogP contribution in [-0.2, 0) is 20.7 Å². The van der Waals surface area contributed by atoms with Crippen molar-refractivity contribution in [2.45, 2.75) is 39.2 Å². The zero-order valence-corrected chi connectivity index (χ0v) is 11.8. The second kappa shape index (κ2) is 6.36. The lowest BCUT2D eigenvalue weighted by Crippen LogP contribution is -2.34. The maximum atomic E-state index is 11.7. The molecule has 110 valence electrons. The minimum absolute atomic E-state index is 0.0150. The SMILES string of the molecule is CC(C)(C)OC(=O)CC(Cc1cccc[n+]1[O-])C(=O)O. The van der Waals surface area contributed by atoms with Crippen LogP contribution in [0.15, 0.2) is 24.4 Å². The molecule has 1 atom stereocenters. The Labute approximate surface area is 117 Å². The van der Waals surface area contributed by atoms with Crippen molar-refractivity contribution in [1.82, 2.24) is 0 Å². The van der Waals surface area contributed by atoms with Gasteiger partial charge in [-0.1, -0.05) is 6.07 Å². The zero-order valence-electron chi connectivity index (χ0n) is 11.8. The van der Waals surface area contributed by atoms with Gasteiger partial charge in [-0.25, -0.2) is 0 Å². The number of hydrogen-bond acceptors (Lipinski definition) is 4. The van der Waals surface area contributed by atoms with Gasteiger partial charge in [-0.2, -0.15) is 4.73 Å². The van der Waals surface area contributed by atoms with E-state index in [0.29, 0.717) is 10.4 Å². The molecule has 1 rings (SSSR count). The molecular weight excluding hydrogens is 262 g/mol. The van der Waals surface area contributed by atoms with Crippen molar-refractivity contribution in [1.29, 1.82) is 0 Å². The highest BCUT2D eigenvalue weighted by Crippen LogP contribution is 2.15. The normalized spacial score (nSPS) is 12.8. The minimum Gasteiger partial charge on any atom is -0.619 e. The molecule has 1 unspecified atom stereocenters. The number of aromatic nitrogens is 1. The molecule has 0 saturated carbocycles. The summed E-state index contributed by atoms with van der Waals surface area (Å²) in [5.74, 6) is -2.69. The van der Waals surface area contributed by atoms with Crippen molar-refractivity contribution in [3.05, 3.63) is 35.3 Å². The topological polar surface area (TPSA) is 90.5 Å². The number of aliphatic carboxylic acids is 1. The number of pyridine rings is 1. The molecule has 0 amide bonds. The van der Waals surface area contributed by atoms with Gasteiger partial charge in [-0.3, -0.25) is 9.59 Å². The van der Waals surface area contributed by atoms with Crippen LogP contribution in [0.4, 0.5) is 0 Å². The number of ether oxygens (including phenoxy) is 1. The minimum atomic E-state index is -1.13. The Hall–Kier alpha value is -2.11. The van der Waals surface area contributed by atoms with Crippen LogP contribution >= 0.6 is 0 Å². The lowest BCUT2D eigenvalue weighted by Gasteiger charge is -2.20. The molecule has 0 aromatic carbocycles. The van der Waals surface area contributed by atoms with Crippen LogP contribution in [0.1, 0.15) is 32.9 Å². The van der Waals surface area contributed by atoms with Gasteiger partial charge in [0.05, 0.1) is 12.3 Å². The zero-order chi connectivity index (χ0) is 15.3. The van der Waals surface area contributed by atoms with E-state index in [-0.39, 0.29) is 12.8 Å². The average molecular weight is 281 g/mol. The quantitative estimate of drug-likeness (QED) is 0.499. The Bertz CT molecular complexity index is 493. The summed E-state index contributed by atoms with van der Waals surface area (Å²) in [6.45, 7) is 5.14. The fourth-order valence-corrected chi connectivity index (χ4v) is 1.71. The largest absolute Gasteiger partial charge is 0.619 e. The van der Waals surface area contributed by atoms with Gasteiger partial charge in [0.25, 0.3) is 0 Å². The van der Waals surface area contributed by atoms with Gasteiger partial charge in [-0.15, -0.1) is 0 Å². The standard InChI is InChI=1S/C14H19NO5/c1-14(2,3)20-12(16)9-10(13(17)18)8-11-6-4-5-7-15(11)19/h4-7,10H,8-9H2,1-3H3,(H,17,18). The van der Waals surface area contributed by atoms with Crippen LogP contribution in [0, 0.1) is 11.1 Å². The number of nitrogens with zero attached hydrogens (tertiary/aromatic N) is 1. The smallest absolute Gasteiger partial charge is 0.307 e. The molecule has 0 aliphatic rings. The first-order valence-corrected chi connectivity index (χ1v) is 6.31. The Kier molecular flexibility index (Phi) is 5.07. The van der Waals surface area contributed by atoms with Crippen molar-refractivity contribution >= 4 is 11.9 Å². The van der Waals surface area contributed by atoms with Crippen LogP contribution in [0.3, 0.4) is 0 Å². The fourth-order valence-electron chi connectivity index (χ4n) is 1.71. The third kappa shape index (κ3) is 5.26. The maximum Gasteiger partial charge on any atom is 0.307 e. The number of carbonyl (C=O) groups is 2. The first kappa shape index (κ1) is 15.9. The molecule has 0 aliphatic heterocycles. The third-order valence-electron chi connectivity index (χ3n) is 2.54. The van der Waals surface area contributed by atoms with Crippen LogP contribution in [0.25, 0.3) is 0 Å². The number of carboxylic acids is 1. The Morgan fingerprint density at radius 3 is 2.55 bits per heavy atom. The first-order valence-electron chi connectivity index (χ1n) is 6.31. The van der Waals surface area contributed by atoms with E-state index >= 15 is 0 Å². The summed E-state index contributed by atoms with van der Waals surface area (Å²) in [5.41, 5.74) is -0.353. The van der Waals surface area contributed by atoms with E-state index in [4.69, 9.17) is 9.84 Å². The summed E-state index contributed by atoms with van der Waals surface area (Å²) in [5, 5.41) is 20.7.